The highest BCUT2D eigenvalue weighted by atomic mass is 16.1. The molecule has 2 aliphatic carbocycles. The van der Waals surface area contributed by atoms with Crippen molar-refractivity contribution in [3.8, 4) is 5.69 Å². The molecule has 0 spiro atoms. The number of hydrogen-bond acceptors (Lipinski definition) is 2. The van der Waals surface area contributed by atoms with Crippen molar-refractivity contribution in [2.24, 2.45) is 11.8 Å². The van der Waals surface area contributed by atoms with Gasteiger partial charge in [-0.05, 0) is 43.0 Å². The summed E-state index contributed by atoms with van der Waals surface area (Å²) in [7, 11) is 0. The van der Waals surface area contributed by atoms with Crippen molar-refractivity contribution < 1.29 is 0 Å². The first-order chi connectivity index (χ1) is 9.81. The number of nitrogens with zero attached hydrogens (tertiary/aromatic N) is 1. The standard InChI is InChI=1S/C16H17N3O/c20-16-17-8-9-19(16)13-6-4-12(5-7-13)18-15-10-11-2-1-3-14(11)15/h1,3-9,11,14-15,18H,2,10H2,(H,17,20). The number of nitrogens with one attached hydrogen (secondary N) is 2. The third-order valence-electron chi connectivity index (χ3n) is 4.51. The third kappa shape index (κ3) is 1.80. The maximum absolute atomic E-state index is 11.5. The van der Waals surface area contributed by atoms with Crippen LogP contribution in [0.3, 0.4) is 0 Å². The topological polar surface area (TPSA) is 49.8 Å². The summed E-state index contributed by atoms with van der Waals surface area (Å²) in [5, 5.41) is 3.59. The van der Waals surface area contributed by atoms with Crippen LogP contribution in [0.4, 0.5) is 5.69 Å². The summed E-state index contributed by atoms with van der Waals surface area (Å²) >= 11 is 0. The highest BCUT2D eigenvalue weighted by Crippen LogP contribution is 2.44. The number of anilines is 1. The average molecular weight is 267 g/mol. The molecule has 1 heterocycles. The molecule has 1 aromatic heterocycles. The Morgan fingerprint density at radius 2 is 2.10 bits per heavy atom. The van der Waals surface area contributed by atoms with E-state index in [1.807, 2.05) is 24.3 Å². The van der Waals surface area contributed by atoms with Crippen LogP contribution in [0.25, 0.3) is 5.69 Å². The van der Waals surface area contributed by atoms with Crippen molar-refractivity contribution in [3.63, 3.8) is 0 Å². The smallest absolute Gasteiger partial charge is 0.330 e. The van der Waals surface area contributed by atoms with Gasteiger partial charge in [0.1, 0.15) is 0 Å². The number of hydrogen-bond donors (Lipinski definition) is 2. The molecule has 0 radical (unpaired) electrons. The molecule has 102 valence electrons. The Morgan fingerprint density at radius 3 is 2.80 bits per heavy atom. The fourth-order valence-electron chi connectivity index (χ4n) is 3.34. The lowest BCUT2D eigenvalue weighted by atomic mass is 9.71. The van der Waals surface area contributed by atoms with E-state index in [1.54, 1.807) is 17.0 Å². The predicted octanol–water partition coefficient (Wildman–Crippen LogP) is 2.54. The van der Waals surface area contributed by atoms with Crippen molar-refractivity contribution in [1.29, 1.82) is 0 Å². The van der Waals surface area contributed by atoms with Gasteiger partial charge >= 0.3 is 5.69 Å². The summed E-state index contributed by atoms with van der Waals surface area (Å²) in [6.45, 7) is 0. The SMILES string of the molecule is O=c1[nH]ccn1-c1ccc(NC2CC3CC=CC32)cc1. The second kappa shape index (κ2) is 4.40. The summed E-state index contributed by atoms with van der Waals surface area (Å²) in [5.41, 5.74) is 1.90. The van der Waals surface area contributed by atoms with Gasteiger partial charge in [0.25, 0.3) is 0 Å². The van der Waals surface area contributed by atoms with E-state index >= 15 is 0 Å². The molecular formula is C16H17N3O. The average Bonchev–Trinajstić information content (AvgIpc) is 3.03. The van der Waals surface area contributed by atoms with Crippen LogP contribution in [-0.2, 0) is 0 Å². The van der Waals surface area contributed by atoms with Crippen molar-refractivity contribution in [3.05, 3.63) is 59.3 Å². The number of rotatable bonds is 3. The molecule has 4 rings (SSSR count). The molecule has 1 fully saturated rings. The van der Waals surface area contributed by atoms with Gasteiger partial charge in [-0.1, -0.05) is 12.2 Å². The minimum Gasteiger partial charge on any atom is -0.382 e. The largest absolute Gasteiger partial charge is 0.382 e. The Labute approximate surface area is 117 Å². The van der Waals surface area contributed by atoms with Crippen molar-refractivity contribution in [1.82, 2.24) is 9.55 Å². The number of H-pyrrole nitrogens is 1. The number of aromatic amines is 1. The van der Waals surface area contributed by atoms with E-state index in [2.05, 4.69) is 22.5 Å². The quantitative estimate of drug-likeness (QED) is 0.840. The molecule has 3 atom stereocenters. The molecule has 3 unspecified atom stereocenters. The molecule has 1 saturated carbocycles. The van der Waals surface area contributed by atoms with Gasteiger partial charge in [-0.15, -0.1) is 0 Å². The van der Waals surface area contributed by atoms with Crippen molar-refractivity contribution >= 4 is 5.69 Å². The van der Waals surface area contributed by atoms with Crippen LogP contribution in [0.15, 0.2) is 53.6 Å². The minimum absolute atomic E-state index is 0.108. The molecule has 1 aromatic carbocycles. The Morgan fingerprint density at radius 1 is 1.25 bits per heavy atom. The zero-order valence-corrected chi connectivity index (χ0v) is 11.1. The second-order valence-corrected chi connectivity index (χ2v) is 5.67. The minimum atomic E-state index is -0.108. The summed E-state index contributed by atoms with van der Waals surface area (Å²) in [5.74, 6) is 1.58. The summed E-state index contributed by atoms with van der Waals surface area (Å²) < 4.78 is 1.60. The van der Waals surface area contributed by atoms with E-state index in [-0.39, 0.29) is 5.69 Å². The maximum Gasteiger partial charge on any atom is 0.330 e. The normalized spacial score (nSPS) is 27.1. The zero-order chi connectivity index (χ0) is 13.5. The second-order valence-electron chi connectivity index (χ2n) is 5.67. The molecule has 20 heavy (non-hydrogen) atoms. The van der Waals surface area contributed by atoms with Crippen LogP contribution in [0, 0.1) is 11.8 Å². The van der Waals surface area contributed by atoms with Gasteiger partial charge < -0.3 is 10.3 Å². The molecule has 0 bridgehead atoms. The zero-order valence-electron chi connectivity index (χ0n) is 11.1. The molecule has 0 aliphatic heterocycles. The van der Waals surface area contributed by atoms with Crippen LogP contribution in [0.2, 0.25) is 0 Å². The lowest BCUT2D eigenvalue weighted by molar-refractivity contribution is 0.218. The summed E-state index contributed by atoms with van der Waals surface area (Å²) in [4.78, 5) is 14.2. The van der Waals surface area contributed by atoms with Crippen LogP contribution in [0.1, 0.15) is 12.8 Å². The number of imidazole rings is 1. The van der Waals surface area contributed by atoms with Gasteiger partial charge in [0.2, 0.25) is 0 Å². The van der Waals surface area contributed by atoms with E-state index in [0.717, 1.165) is 17.3 Å². The first-order valence-electron chi connectivity index (χ1n) is 7.11. The van der Waals surface area contributed by atoms with Gasteiger partial charge in [0.05, 0.1) is 5.69 Å². The van der Waals surface area contributed by atoms with Crippen molar-refractivity contribution in [2.75, 3.05) is 5.32 Å². The molecule has 2 aliphatic rings. The Kier molecular flexibility index (Phi) is 2.55. The number of allylic oxidation sites excluding steroid dienone is 1. The van der Waals surface area contributed by atoms with Gasteiger partial charge in [0.15, 0.2) is 0 Å². The predicted molar refractivity (Wildman–Crippen MR) is 79.2 cm³/mol. The lowest BCUT2D eigenvalue weighted by Gasteiger charge is -2.41. The Hall–Kier alpha value is -2.23. The Balaban J connectivity index is 1.49. The molecule has 2 N–H and O–H groups in total. The maximum atomic E-state index is 11.5. The van der Waals surface area contributed by atoms with Crippen LogP contribution in [0.5, 0.6) is 0 Å². The van der Waals surface area contributed by atoms with Gasteiger partial charge in [-0.25, -0.2) is 4.79 Å². The Bertz CT molecular complexity index is 695. The summed E-state index contributed by atoms with van der Waals surface area (Å²) in [6.07, 6.45) is 10.5. The number of fused-ring (bicyclic) bond motifs is 1. The van der Waals surface area contributed by atoms with Gasteiger partial charge in [0, 0.05) is 30.0 Å². The van der Waals surface area contributed by atoms with E-state index < -0.39 is 0 Å². The third-order valence-corrected chi connectivity index (χ3v) is 4.51. The molecule has 2 aromatic rings. The highest BCUT2D eigenvalue weighted by Gasteiger charge is 2.40. The van der Waals surface area contributed by atoms with E-state index in [9.17, 15) is 4.79 Å². The molecule has 4 nitrogen and oxygen atoms in total. The molecule has 4 heteroatoms. The monoisotopic (exact) mass is 267 g/mol. The molecular weight excluding hydrogens is 250 g/mol. The molecule has 0 amide bonds. The summed E-state index contributed by atoms with van der Waals surface area (Å²) in [6, 6.07) is 8.59. The van der Waals surface area contributed by atoms with Gasteiger partial charge in [-0.2, -0.15) is 0 Å². The lowest BCUT2D eigenvalue weighted by Crippen LogP contribution is -2.43. The molecule has 0 saturated heterocycles. The van der Waals surface area contributed by atoms with Gasteiger partial charge in [-0.3, -0.25) is 4.57 Å². The first kappa shape index (κ1) is 11.6. The van der Waals surface area contributed by atoms with Crippen LogP contribution in [-0.4, -0.2) is 15.6 Å². The number of aromatic nitrogens is 2. The van der Waals surface area contributed by atoms with E-state index in [0.29, 0.717) is 12.0 Å². The number of benzene rings is 1. The van der Waals surface area contributed by atoms with Crippen LogP contribution >= 0.6 is 0 Å². The first-order valence-corrected chi connectivity index (χ1v) is 7.11. The van der Waals surface area contributed by atoms with Crippen molar-refractivity contribution in [2.45, 2.75) is 18.9 Å². The van der Waals surface area contributed by atoms with E-state index in [4.69, 9.17) is 0 Å². The van der Waals surface area contributed by atoms with E-state index in [1.165, 1.54) is 12.8 Å². The fourth-order valence-corrected chi connectivity index (χ4v) is 3.34. The fraction of sp³-hybridized carbons (Fsp3) is 0.312. The van der Waals surface area contributed by atoms with Crippen LogP contribution < -0.4 is 11.0 Å². The highest BCUT2D eigenvalue weighted by molar-refractivity contribution is 5.50.